The first kappa shape index (κ1) is 12.7. The van der Waals surface area contributed by atoms with E-state index in [2.05, 4.69) is 17.5 Å². The quantitative estimate of drug-likeness (QED) is 0.806. The van der Waals surface area contributed by atoms with Crippen molar-refractivity contribution in [2.24, 2.45) is 5.92 Å². The molecule has 2 unspecified atom stereocenters. The molecule has 3 heterocycles. The number of nitrogens with one attached hydrogen (secondary N) is 1. The standard InChI is InChI=1S/C16H18N2O3/c19-14-6-2-5-13-15(17-14)12(9-21-13)16(20)18-8-10-3-1-4-11(18)7-10/h1,4,9-11H,2-3,5-8H2,(H,17,19). The Morgan fingerprint density at radius 1 is 1.38 bits per heavy atom. The van der Waals surface area contributed by atoms with Gasteiger partial charge in [-0.15, -0.1) is 0 Å². The Balaban J connectivity index is 1.65. The summed E-state index contributed by atoms with van der Waals surface area (Å²) in [6, 6.07) is 0.197. The van der Waals surface area contributed by atoms with Crippen molar-refractivity contribution < 1.29 is 14.0 Å². The highest BCUT2D eigenvalue weighted by Gasteiger charge is 2.37. The Morgan fingerprint density at radius 2 is 2.29 bits per heavy atom. The van der Waals surface area contributed by atoms with Crippen LogP contribution in [0.5, 0.6) is 0 Å². The van der Waals surface area contributed by atoms with Crippen molar-refractivity contribution >= 4 is 17.5 Å². The van der Waals surface area contributed by atoms with Crippen LogP contribution in [0.15, 0.2) is 22.8 Å². The van der Waals surface area contributed by atoms with Gasteiger partial charge in [-0.25, -0.2) is 0 Å². The number of aryl methyl sites for hydroxylation is 1. The first-order valence-corrected chi connectivity index (χ1v) is 7.60. The molecule has 1 aromatic heterocycles. The number of carbonyl (C=O) groups excluding carboxylic acids is 2. The monoisotopic (exact) mass is 286 g/mol. The minimum atomic E-state index is -0.0377. The van der Waals surface area contributed by atoms with Gasteiger partial charge >= 0.3 is 0 Å². The van der Waals surface area contributed by atoms with E-state index in [1.807, 2.05) is 4.90 Å². The maximum Gasteiger partial charge on any atom is 0.259 e. The average Bonchev–Trinajstić information content (AvgIpc) is 2.93. The van der Waals surface area contributed by atoms with Crippen LogP contribution in [0.1, 0.15) is 41.8 Å². The molecule has 110 valence electrons. The zero-order valence-corrected chi connectivity index (χ0v) is 11.8. The molecular weight excluding hydrogens is 268 g/mol. The minimum absolute atomic E-state index is 0.0266. The zero-order valence-electron chi connectivity index (χ0n) is 11.8. The van der Waals surface area contributed by atoms with Crippen molar-refractivity contribution in [3.63, 3.8) is 0 Å². The van der Waals surface area contributed by atoms with Gasteiger partial charge in [0.15, 0.2) is 0 Å². The number of nitrogens with zero attached hydrogens (tertiary/aromatic N) is 1. The van der Waals surface area contributed by atoms with Gasteiger partial charge in [0.25, 0.3) is 5.91 Å². The highest BCUT2D eigenvalue weighted by Crippen LogP contribution is 2.35. The molecule has 4 rings (SSSR count). The summed E-state index contributed by atoms with van der Waals surface area (Å²) in [6.07, 6.45) is 9.85. The third kappa shape index (κ3) is 2.07. The van der Waals surface area contributed by atoms with Gasteiger partial charge in [0.05, 0.1) is 11.7 Å². The summed E-state index contributed by atoms with van der Waals surface area (Å²) in [5, 5.41) is 2.84. The number of allylic oxidation sites excluding steroid dienone is 1. The Morgan fingerprint density at radius 3 is 3.14 bits per heavy atom. The molecule has 0 saturated carbocycles. The van der Waals surface area contributed by atoms with Gasteiger partial charge < -0.3 is 14.6 Å². The van der Waals surface area contributed by atoms with E-state index in [0.717, 1.165) is 31.6 Å². The van der Waals surface area contributed by atoms with Crippen LogP contribution in [-0.4, -0.2) is 29.3 Å². The lowest BCUT2D eigenvalue weighted by molar-refractivity contribution is -0.116. The van der Waals surface area contributed by atoms with Crippen molar-refractivity contribution in [2.45, 2.75) is 38.1 Å². The summed E-state index contributed by atoms with van der Waals surface area (Å²) >= 11 is 0. The van der Waals surface area contributed by atoms with E-state index in [1.54, 1.807) is 0 Å². The van der Waals surface area contributed by atoms with Gasteiger partial charge in [-0.1, -0.05) is 12.2 Å². The maximum atomic E-state index is 12.8. The smallest absolute Gasteiger partial charge is 0.259 e. The predicted molar refractivity (Wildman–Crippen MR) is 77.0 cm³/mol. The number of carbonyl (C=O) groups is 2. The molecule has 21 heavy (non-hydrogen) atoms. The predicted octanol–water partition coefficient (Wildman–Crippen LogP) is 2.34. The van der Waals surface area contributed by atoms with Gasteiger partial charge in [0.2, 0.25) is 5.91 Å². The van der Waals surface area contributed by atoms with Crippen LogP contribution >= 0.6 is 0 Å². The molecule has 1 aliphatic carbocycles. The molecular formula is C16H18N2O3. The molecule has 2 atom stereocenters. The van der Waals surface area contributed by atoms with Gasteiger partial charge in [-0.2, -0.15) is 0 Å². The fourth-order valence-electron chi connectivity index (χ4n) is 3.61. The lowest BCUT2D eigenvalue weighted by Gasteiger charge is -2.21. The number of amides is 2. The van der Waals surface area contributed by atoms with Crippen molar-refractivity contribution in [3.8, 4) is 0 Å². The fraction of sp³-hybridized carbons (Fsp3) is 0.500. The van der Waals surface area contributed by atoms with Crippen molar-refractivity contribution in [2.75, 3.05) is 11.9 Å². The van der Waals surface area contributed by atoms with Crippen molar-refractivity contribution in [1.29, 1.82) is 0 Å². The second kappa shape index (κ2) is 4.76. The summed E-state index contributed by atoms with van der Waals surface area (Å²) in [6.45, 7) is 0.796. The highest BCUT2D eigenvalue weighted by atomic mass is 16.3. The Labute approximate surface area is 123 Å². The number of fused-ring (bicyclic) bond motifs is 3. The van der Waals surface area contributed by atoms with E-state index < -0.39 is 0 Å². The van der Waals surface area contributed by atoms with Crippen LogP contribution in [0.2, 0.25) is 0 Å². The number of rotatable bonds is 1. The fourth-order valence-corrected chi connectivity index (χ4v) is 3.61. The first-order chi connectivity index (χ1) is 10.2. The van der Waals surface area contributed by atoms with E-state index in [0.29, 0.717) is 30.0 Å². The Bertz CT molecular complexity index is 631. The van der Waals surface area contributed by atoms with Crippen LogP contribution in [0.3, 0.4) is 0 Å². The maximum absolute atomic E-state index is 12.8. The number of hydrogen-bond acceptors (Lipinski definition) is 3. The Kier molecular flexibility index (Phi) is 2.87. The number of likely N-dealkylation sites (tertiary alicyclic amines) is 1. The zero-order chi connectivity index (χ0) is 14.4. The molecule has 3 aliphatic rings. The van der Waals surface area contributed by atoms with Gasteiger partial charge in [-0.05, 0) is 25.2 Å². The van der Waals surface area contributed by atoms with Crippen LogP contribution in [0, 0.1) is 5.92 Å². The van der Waals surface area contributed by atoms with E-state index in [4.69, 9.17) is 4.42 Å². The van der Waals surface area contributed by atoms with Gasteiger partial charge in [-0.3, -0.25) is 9.59 Å². The molecule has 1 fully saturated rings. The van der Waals surface area contributed by atoms with Crippen LogP contribution < -0.4 is 5.32 Å². The van der Waals surface area contributed by atoms with E-state index >= 15 is 0 Å². The largest absolute Gasteiger partial charge is 0.466 e. The number of hydrogen-bond donors (Lipinski definition) is 1. The average molecular weight is 286 g/mol. The molecule has 2 bridgehead atoms. The molecule has 0 aromatic carbocycles. The molecule has 0 radical (unpaired) electrons. The third-order valence-corrected chi connectivity index (χ3v) is 4.69. The minimum Gasteiger partial charge on any atom is -0.466 e. The second-order valence-electron chi connectivity index (χ2n) is 6.14. The van der Waals surface area contributed by atoms with E-state index in [-0.39, 0.29) is 17.9 Å². The summed E-state index contributed by atoms with van der Waals surface area (Å²) in [5.41, 5.74) is 1.09. The summed E-state index contributed by atoms with van der Waals surface area (Å²) in [4.78, 5) is 26.5. The van der Waals surface area contributed by atoms with Crippen molar-refractivity contribution in [3.05, 3.63) is 29.7 Å². The molecule has 2 amide bonds. The van der Waals surface area contributed by atoms with Crippen LogP contribution in [-0.2, 0) is 11.2 Å². The SMILES string of the molecule is O=C1CCCc2occ(C(=O)N3CC4CC=CC3C4)c2N1. The molecule has 0 spiro atoms. The highest BCUT2D eigenvalue weighted by molar-refractivity contribution is 6.04. The molecule has 5 nitrogen and oxygen atoms in total. The van der Waals surface area contributed by atoms with E-state index in [1.165, 1.54) is 6.26 Å². The number of anilines is 1. The van der Waals surface area contributed by atoms with Gasteiger partial charge in [0.1, 0.15) is 17.6 Å². The molecule has 5 heteroatoms. The Hall–Kier alpha value is -2.04. The van der Waals surface area contributed by atoms with Crippen LogP contribution in [0.25, 0.3) is 0 Å². The van der Waals surface area contributed by atoms with Crippen molar-refractivity contribution in [1.82, 2.24) is 4.90 Å². The topological polar surface area (TPSA) is 62.6 Å². The summed E-state index contributed by atoms with van der Waals surface area (Å²) in [7, 11) is 0. The lowest BCUT2D eigenvalue weighted by atomic mass is 9.96. The molecule has 1 N–H and O–H groups in total. The molecule has 1 saturated heterocycles. The third-order valence-electron chi connectivity index (χ3n) is 4.69. The lowest BCUT2D eigenvalue weighted by Crippen LogP contribution is -2.34. The molecule has 1 aromatic rings. The van der Waals surface area contributed by atoms with E-state index in [9.17, 15) is 9.59 Å². The van der Waals surface area contributed by atoms with Crippen LogP contribution in [0.4, 0.5) is 5.69 Å². The van der Waals surface area contributed by atoms with Gasteiger partial charge in [0, 0.05) is 19.4 Å². The summed E-state index contributed by atoms with van der Waals surface area (Å²) < 4.78 is 5.53. The first-order valence-electron chi connectivity index (χ1n) is 7.60. The normalized spacial score (nSPS) is 27.2. The summed E-state index contributed by atoms with van der Waals surface area (Å²) in [5.74, 6) is 1.23. The molecule has 2 aliphatic heterocycles. The second-order valence-corrected chi connectivity index (χ2v) is 6.14. The number of furan rings is 1.